The maximum Gasteiger partial charge on any atom is 0.0643 e. The first kappa shape index (κ1) is 9.46. The molecular weight excluding hydrogens is 188 g/mol. The Bertz CT molecular complexity index is 522. The molecule has 2 rings (SSSR count). The van der Waals surface area contributed by atoms with Gasteiger partial charge in [-0.25, -0.2) is 0 Å². The first-order valence-electron chi connectivity index (χ1n) is 4.64. The summed E-state index contributed by atoms with van der Waals surface area (Å²) in [7, 11) is 0. The number of benzene rings is 2. The van der Waals surface area contributed by atoms with Crippen LogP contribution in [0.25, 0.3) is 16.8 Å². The van der Waals surface area contributed by atoms with Crippen molar-refractivity contribution in [2.75, 3.05) is 0 Å². The van der Waals surface area contributed by atoms with Gasteiger partial charge in [0.15, 0.2) is 0 Å². The van der Waals surface area contributed by atoms with Gasteiger partial charge in [0.25, 0.3) is 0 Å². The predicted molar refractivity (Wildman–Crippen MR) is 58.0 cm³/mol. The third kappa shape index (κ3) is 2.05. The fraction of sp³-hybridized carbons (Fsp3) is 0. The van der Waals surface area contributed by atoms with Crippen LogP contribution in [-0.4, -0.2) is 5.97 Å². The average Bonchev–Trinajstić information content (AvgIpc) is 2.26. The zero-order valence-electron chi connectivity index (χ0n) is 8.01. The summed E-state index contributed by atoms with van der Waals surface area (Å²) in [5.41, 5.74) is 0.886. The van der Waals surface area contributed by atoms with Crippen molar-refractivity contribution < 1.29 is 9.90 Å². The van der Waals surface area contributed by atoms with Gasteiger partial charge in [-0.1, -0.05) is 48.5 Å². The highest BCUT2D eigenvalue weighted by Crippen LogP contribution is 2.19. The van der Waals surface area contributed by atoms with Gasteiger partial charge in [0, 0.05) is 0 Å². The lowest BCUT2D eigenvalue weighted by molar-refractivity contribution is -0.297. The Hall–Kier alpha value is -2.09. The molecule has 0 heterocycles. The number of rotatable bonds is 2. The second-order valence-corrected chi connectivity index (χ2v) is 3.22. The predicted octanol–water partition coefficient (Wildman–Crippen LogP) is 1.60. The van der Waals surface area contributed by atoms with E-state index >= 15 is 0 Å². The minimum atomic E-state index is -1.18. The van der Waals surface area contributed by atoms with E-state index in [2.05, 4.69) is 0 Å². The van der Waals surface area contributed by atoms with Crippen molar-refractivity contribution in [2.45, 2.75) is 0 Å². The fourth-order valence-corrected chi connectivity index (χ4v) is 1.55. The van der Waals surface area contributed by atoms with E-state index in [1.807, 2.05) is 42.5 Å². The summed E-state index contributed by atoms with van der Waals surface area (Å²) in [5, 5.41) is 12.4. The second kappa shape index (κ2) is 3.96. The number of carboxylic acids is 1. The molecule has 0 atom stereocenters. The van der Waals surface area contributed by atoms with E-state index in [-0.39, 0.29) is 0 Å². The quantitative estimate of drug-likeness (QED) is 0.686. The van der Waals surface area contributed by atoms with E-state index < -0.39 is 5.97 Å². The molecule has 2 nitrogen and oxygen atoms in total. The Morgan fingerprint density at radius 2 is 1.80 bits per heavy atom. The largest absolute Gasteiger partial charge is 0.545 e. The number of carbonyl (C=O) groups is 1. The van der Waals surface area contributed by atoms with Crippen LogP contribution in [0.2, 0.25) is 0 Å². The van der Waals surface area contributed by atoms with Crippen molar-refractivity contribution in [3.8, 4) is 0 Å². The molecule has 0 amide bonds. The van der Waals surface area contributed by atoms with Crippen molar-refractivity contribution in [3.63, 3.8) is 0 Å². The van der Waals surface area contributed by atoms with Crippen LogP contribution in [0.4, 0.5) is 0 Å². The van der Waals surface area contributed by atoms with Crippen molar-refractivity contribution in [2.24, 2.45) is 0 Å². The number of hydrogen-bond acceptors (Lipinski definition) is 2. The van der Waals surface area contributed by atoms with Gasteiger partial charge in [0.1, 0.15) is 0 Å². The van der Waals surface area contributed by atoms with Gasteiger partial charge in [-0.3, -0.25) is 0 Å². The summed E-state index contributed by atoms with van der Waals surface area (Å²) in [5.74, 6) is -1.18. The van der Waals surface area contributed by atoms with Crippen LogP contribution in [0.1, 0.15) is 5.56 Å². The maximum absolute atomic E-state index is 10.3. The van der Waals surface area contributed by atoms with Gasteiger partial charge >= 0.3 is 0 Å². The van der Waals surface area contributed by atoms with Crippen LogP contribution in [0.5, 0.6) is 0 Å². The van der Waals surface area contributed by atoms with Crippen LogP contribution in [0.15, 0.2) is 48.5 Å². The minimum absolute atomic E-state index is 0.886. The van der Waals surface area contributed by atoms with Gasteiger partial charge in [0.2, 0.25) is 0 Å². The molecule has 0 fully saturated rings. The summed E-state index contributed by atoms with van der Waals surface area (Å²) in [6.45, 7) is 0. The van der Waals surface area contributed by atoms with Crippen molar-refractivity contribution in [1.82, 2.24) is 0 Å². The molecule has 2 aromatic carbocycles. The molecule has 0 bridgehead atoms. The molecule has 0 radical (unpaired) electrons. The fourth-order valence-electron chi connectivity index (χ4n) is 1.55. The molecule has 0 aliphatic carbocycles. The molecule has 2 aromatic rings. The van der Waals surface area contributed by atoms with Gasteiger partial charge in [-0.05, 0) is 22.4 Å². The zero-order valence-corrected chi connectivity index (χ0v) is 8.01. The van der Waals surface area contributed by atoms with Gasteiger partial charge in [0.05, 0.1) is 5.97 Å². The summed E-state index contributed by atoms with van der Waals surface area (Å²) >= 11 is 0. The zero-order chi connectivity index (χ0) is 10.7. The minimum Gasteiger partial charge on any atom is -0.545 e. The monoisotopic (exact) mass is 197 g/mol. The number of carboxylic acid groups (broad SMARTS) is 1. The van der Waals surface area contributed by atoms with Crippen LogP contribution < -0.4 is 5.11 Å². The molecule has 0 aromatic heterocycles. The van der Waals surface area contributed by atoms with Gasteiger partial charge < -0.3 is 9.90 Å². The van der Waals surface area contributed by atoms with Crippen molar-refractivity contribution in [3.05, 3.63) is 54.1 Å². The Kier molecular flexibility index (Phi) is 2.50. The van der Waals surface area contributed by atoms with E-state index in [1.54, 1.807) is 6.08 Å². The molecule has 0 N–H and O–H groups in total. The topological polar surface area (TPSA) is 40.1 Å². The van der Waals surface area contributed by atoms with E-state index in [1.165, 1.54) is 0 Å². The number of hydrogen-bond donors (Lipinski definition) is 0. The van der Waals surface area contributed by atoms with Gasteiger partial charge in [-0.15, -0.1) is 0 Å². The maximum atomic E-state index is 10.3. The summed E-state index contributed by atoms with van der Waals surface area (Å²) in [6.07, 6.45) is 2.60. The highest BCUT2D eigenvalue weighted by molar-refractivity contribution is 5.93. The first-order chi connectivity index (χ1) is 7.27. The normalized spacial score (nSPS) is 10.9. The molecule has 0 aliphatic heterocycles. The molecular formula is C13H9O2-. The first-order valence-corrected chi connectivity index (χ1v) is 4.64. The highest BCUT2D eigenvalue weighted by atomic mass is 16.4. The van der Waals surface area contributed by atoms with Crippen LogP contribution in [0, 0.1) is 0 Å². The third-order valence-electron chi connectivity index (χ3n) is 2.22. The second-order valence-electron chi connectivity index (χ2n) is 3.22. The van der Waals surface area contributed by atoms with E-state index in [9.17, 15) is 9.90 Å². The summed E-state index contributed by atoms with van der Waals surface area (Å²) in [6, 6.07) is 13.6. The summed E-state index contributed by atoms with van der Waals surface area (Å²) < 4.78 is 0. The molecule has 15 heavy (non-hydrogen) atoms. The van der Waals surface area contributed by atoms with E-state index in [0.717, 1.165) is 22.4 Å². The average molecular weight is 197 g/mol. The number of carbonyl (C=O) groups excluding carboxylic acids is 1. The smallest absolute Gasteiger partial charge is 0.0643 e. The number of aliphatic carboxylic acids is 1. The highest BCUT2D eigenvalue weighted by Gasteiger charge is 1.95. The Morgan fingerprint density at radius 1 is 1.07 bits per heavy atom. The summed E-state index contributed by atoms with van der Waals surface area (Å²) in [4.78, 5) is 10.3. The SMILES string of the molecule is O=C([O-])/C=C/c1cccc2ccccc12. The molecule has 0 saturated carbocycles. The Morgan fingerprint density at radius 3 is 2.60 bits per heavy atom. The van der Waals surface area contributed by atoms with E-state index in [0.29, 0.717) is 0 Å². The van der Waals surface area contributed by atoms with E-state index in [4.69, 9.17) is 0 Å². The molecule has 2 heteroatoms. The molecule has 0 unspecified atom stereocenters. The number of fused-ring (bicyclic) bond motifs is 1. The molecule has 74 valence electrons. The lowest BCUT2D eigenvalue weighted by Gasteiger charge is -2.01. The third-order valence-corrected chi connectivity index (χ3v) is 2.22. The Balaban J connectivity index is 2.56. The Labute approximate surface area is 87.5 Å². The van der Waals surface area contributed by atoms with Crippen molar-refractivity contribution in [1.29, 1.82) is 0 Å². The lowest BCUT2D eigenvalue weighted by atomic mass is 10.0. The van der Waals surface area contributed by atoms with Crippen LogP contribution >= 0.6 is 0 Å². The lowest BCUT2D eigenvalue weighted by Crippen LogP contribution is -2.18. The molecule has 0 saturated heterocycles. The van der Waals surface area contributed by atoms with Crippen molar-refractivity contribution >= 4 is 22.8 Å². The molecule has 0 aliphatic rings. The van der Waals surface area contributed by atoms with Crippen LogP contribution in [0.3, 0.4) is 0 Å². The van der Waals surface area contributed by atoms with Gasteiger partial charge in [-0.2, -0.15) is 0 Å². The van der Waals surface area contributed by atoms with Crippen LogP contribution in [-0.2, 0) is 4.79 Å². The molecule has 0 spiro atoms. The standard InChI is InChI=1S/C13H10O2/c14-13(15)9-8-11-6-3-5-10-4-1-2-7-12(10)11/h1-9H,(H,14,15)/p-1/b9-8+.